The van der Waals surface area contributed by atoms with Crippen molar-refractivity contribution in [1.82, 2.24) is 9.97 Å². The largest absolute Gasteiger partial charge is 0.438 e. The Hall–Kier alpha value is -4.16. The van der Waals surface area contributed by atoms with E-state index in [-0.39, 0.29) is 11.9 Å². The van der Waals surface area contributed by atoms with E-state index in [2.05, 4.69) is 5.32 Å². The molecule has 7 nitrogen and oxygen atoms in total. The van der Waals surface area contributed by atoms with Crippen molar-refractivity contribution in [2.75, 3.05) is 29.0 Å². The summed E-state index contributed by atoms with van der Waals surface area (Å²) in [5.74, 6) is 1.47. The number of hydrogen-bond acceptors (Lipinski definition) is 8. The summed E-state index contributed by atoms with van der Waals surface area (Å²) in [6.07, 6.45) is 4.88. The number of hydrogen-bond donors (Lipinski definition) is 2. The fraction of sp³-hybridized carbons (Fsp3) is 0.250. The van der Waals surface area contributed by atoms with Crippen LogP contribution >= 0.6 is 11.3 Å². The van der Waals surface area contributed by atoms with Gasteiger partial charge in [0.2, 0.25) is 11.8 Å². The average Bonchev–Trinajstić information content (AvgIpc) is 3.34. The molecule has 0 atom stereocenters. The number of thiophene rings is 1. The standard InChI is InChI=1S/C28H27FN6OS/c1-17-14-19(4-3-10-30)15-18(2)25(17)36-26-22-9-13-37-27(22)34-28(33-26)32-21-7-11-35(12-8-21)24-6-5-20(31)16-23(24)29/h3-6,9,13-16,21H,7-8,11-12,31H2,1-2H3,(H,32,33,34)/b4-3+. The molecule has 3 heterocycles. The van der Waals surface area contributed by atoms with E-state index in [1.807, 2.05) is 48.4 Å². The van der Waals surface area contributed by atoms with Crippen molar-refractivity contribution in [2.45, 2.75) is 32.7 Å². The first-order valence-corrected chi connectivity index (χ1v) is 13.0. The minimum Gasteiger partial charge on any atom is -0.438 e. The van der Waals surface area contributed by atoms with Crippen molar-refractivity contribution >= 4 is 45.0 Å². The zero-order valence-corrected chi connectivity index (χ0v) is 21.5. The third kappa shape index (κ3) is 5.34. The van der Waals surface area contributed by atoms with Crippen molar-refractivity contribution < 1.29 is 9.13 Å². The maximum absolute atomic E-state index is 14.4. The zero-order valence-electron chi connectivity index (χ0n) is 20.7. The lowest BCUT2D eigenvalue weighted by Crippen LogP contribution is -2.39. The zero-order chi connectivity index (χ0) is 25.9. The average molecular weight is 515 g/mol. The second kappa shape index (κ2) is 10.4. The summed E-state index contributed by atoms with van der Waals surface area (Å²) in [4.78, 5) is 12.3. The minimum atomic E-state index is -0.292. The van der Waals surface area contributed by atoms with Crippen LogP contribution in [0.15, 0.2) is 47.9 Å². The predicted octanol–water partition coefficient (Wildman–Crippen LogP) is 6.44. The highest BCUT2D eigenvalue weighted by molar-refractivity contribution is 7.16. The number of fused-ring (bicyclic) bond motifs is 1. The Morgan fingerprint density at radius 1 is 1.16 bits per heavy atom. The van der Waals surface area contributed by atoms with Crippen LogP contribution in [0.4, 0.5) is 21.7 Å². The second-order valence-electron chi connectivity index (χ2n) is 9.16. The molecule has 4 aromatic rings. The topological polar surface area (TPSA) is 100 Å². The Kier molecular flexibility index (Phi) is 6.93. The summed E-state index contributed by atoms with van der Waals surface area (Å²) in [7, 11) is 0. The Morgan fingerprint density at radius 2 is 1.92 bits per heavy atom. The SMILES string of the molecule is Cc1cc(/C=C/C#N)cc(C)c1Oc1nc(NC2CCN(c3ccc(N)cc3F)CC2)nc2sccc12. The quantitative estimate of drug-likeness (QED) is 0.226. The van der Waals surface area contributed by atoms with Crippen LogP contribution in [0.1, 0.15) is 29.5 Å². The van der Waals surface area contributed by atoms with Crippen LogP contribution < -0.4 is 20.7 Å². The second-order valence-corrected chi connectivity index (χ2v) is 10.1. The normalized spacial score (nSPS) is 14.3. The van der Waals surface area contributed by atoms with Crippen LogP contribution in [0.3, 0.4) is 0 Å². The van der Waals surface area contributed by atoms with E-state index < -0.39 is 0 Å². The van der Waals surface area contributed by atoms with Crippen LogP contribution in [0.5, 0.6) is 11.6 Å². The lowest BCUT2D eigenvalue weighted by Gasteiger charge is -2.34. The summed E-state index contributed by atoms with van der Waals surface area (Å²) in [6.45, 7) is 5.39. The number of nitrogen functional groups attached to an aromatic ring is 1. The molecule has 1 aliphatic rings. The number of nitrogens with two attached hydrogens (primary N) is 1. The molecule has 0 amide bonds. The number of aromatic nitrogens is 2. The molecular formula is C28H27FN6OS. The van der Waals surface area contributed by atoms with Crippen LogP contribution in [-0.2, 0) is 0 Å². The van der Waals surface area contributed by atoms with Gasteiger partial charge in [-0.15, -0.1) is 11.3 Å². The Morgan fingerprint density at radius 3 is 2.62 bits per heavy atom. The van der Waals surface area contributed by atoms with Crippen molar-refractivity contribution in [2.24, 2.45) is 0 Å². The van der Waals surface area contributed by atoms with Gasteiger partial charge in [0, 0.05) is 30.9 Å². The molecule has 0 bridgehead atoms. The fourth-order valence-electron chi connectivity index (χ4n) is 4.67. The molecule has 0 spiro atoms. The van der Waals surface area contributed by atoms with E-state index in [0.717, 1.165) is 45.5 Å². The number of nitrogens with zero attached hydrogens (tertiary/aromatic N) is 4. The first kappa shape index (κ1) is 24.5. The molecule has 0 aliphatic carbocycles. The van der Waals surface area contributed by atoms with Gasteiger partial charge in [0.1, 0.15) is 16.4 Å². The number of piperidine rings is 1. The molecule has 5 rings (SSSR count). The van der Waals surface area contributed by atoms with Gasteiger partial charge in [-0.2, -0.15) is 10.2 Å². The molecule has 0 unspecified atom stereocenters. The van der Waals surface area contributed by atoms with Crippen molar-refractivity contribution in [1.29, 1.82) is 5.26 Å². The number of aryl methyl sites for hydroxylation is 2. The van der Waals surface area contributed by atoms with Crippen LogP contribution in [-0.4, -0.2) is 29.1 Å². The number of nitriles is 1. The molecular weight excluding hydrogens is 487 g/mol. The molecule has 2 aromatic carbocycles. The minimum absolute atomic E-state index is 0.160. The van der Waals surface area contributed by atoms with E-state index in [0.29, 0.717) is 36.3 Å². The number of nitrogens with one attached hydrogen (secondary N) is 1. The summed E-state index contributed by atoms with van der Waals surface area (Å²) >= 11 is 1.54. The first-order valence-electron chi connectivity index (χ1n) is 12.1. The van der Waals surface area contributed by atoms with Crippen molar-refractivity contribution in [3.05, 3.63) is 70.4 Å². The van der Waals surface area contributed by atoms with Crippen molar-refractivity contribution in [3.8, 4) is 17.7 Å². The van der Waals surface area contributed by atoms with Gasteiger partial charge in [-0.1, -0.05) is 0 Å². The third-order valence-electron chi connectivity index (χ3n) is 6.46. The third-order valence-corrected chi connectivity index (χ3v) is 7.27. The van der Waals surface area contributed by atoms with Gasteiger partial charge < -0.3 is 20.7 Å². The summed E-state index contributed by atoms with van der Waals surface area (Å²) < 4.78 is 20.7. The van der Waals surface area contributed by atoms with Gasteiger partial charge in [0.05, 0.1) is 17.1 Å². The molecule has 1 fully saturated rings. The van der Waals surface area contributed by atoms with Gasteiger partial charge in [-0.25, -0.2) is 9.37 Å². The van der Waals surface area contributed by atoms with Crippen LogP contribution in [0.25, 0.3) is 16.3 Å². The molecule has 0 radical (unpaired) electrons. The van der Waals surface area contributed by atoms with Crippen molar-refractivity contribution in [3.63, 3.8) is 0 Å². The van der Waals surface area contributed by atoms with Crippen LogP contribution in [0, 0.1) is 31.0 Å². The molecule has 0 saturated carbocycles. The van der Waals surface area contributed by atoms with Crippen LogP contribution in [0.2, 0.25) is 0 Å². The summed E-state index contributed by atoms with van der Waals surface area (Å²) in [5.41, 5.74) is 9.56. The number of allylic oxidation sites excluding steroid dienone is 1. The highest BCUT2D eigenvalue weighted by Gasteiger charge is 2.23. The van der Waals surface area contributed by atoms with E-state index in [9.17, 15) is 4.39 Å². The highest BCUT2D eigenvalue weighted by atomic mass is 32.1. The lowest BCUT2D eigenvalue weighted by molar-refractivity contribution is 0.460. The first-order chi connectivity index (χ1) is 17.9. The Labute approximate surface area is 219 Å². The van der Waals surface area contributed by atoms with E-state index >= 15 is 0 Å². The number of halogens is 1. The number of benzene rings is 2. The predicted molar refractivity (Wildman–Crippen MR) is 148 cm³/mol. The lowest BCUT2D eigenvalue weighted by atomic mass is 10.0. The monoisotopic (exact) mass is 514 g/mol. The number of rotatable bonds is 6. The van der Waals surface area contributed by atoms with Gasteiger partial charge in [0.25, 0.3) is 0 Å². The molecule has 188 valence electrons. The van der Waals surface area contributed by atoms with Gasteiger partial charge in [-0.3, -0.25) is 0 Å². The Bertz CT molecular complexity index is 1490. The molecule has 9 heteroatoms. The number of anilines is 3. The molecule has 3 N–H and O–H groups in total. The maximum Gasteiger partial charge on any atom is 0.232 e. The summed E-state index contributed by atoms with van der Waals surface area (Å²) in [5, 5.41) is 15.1. The summed E-state index contributed by atoms with van der Waals surface area (Å²) in [6, 6.07) is 13.0. The van der Waals surface area contributed by atoms with E-state index in [4.69, 9.17) is 25.7 Å². The molecule has 1 aliphatic heterocycles. The highest BCUT2D eigenvalue weighted by Crippen LogP contribution is 2.35. The molecule has 1 saturated heterocycles. The van der Waals surface area contributed by atoms with Gasteiger partial charge in [0.15, 0.2) is 0 Å². The Balaban J connectivity index is 1.33. The fourth-order valence-corrected chi connectivity index (χ4v) is 5.42. The molecule has 37 heavy (non-hydrogen) atoms. The maximum atomic E-state index is 14.4. The number of ether oxygens (including phenoxy) is 1. The smallest absolute Gasteiger partial charge is 0.232 e. The van der Waals surface area contributed by atoms with E-state index in [1.54, 1.807) is 18.2 Å². The van der Waals surface area contributed by atoms with E-state index in [1.165, 1.54) is 23.5 Å². The molecule has 2 aromatic heterocycles. The van der Waals surface area contributed by atoms with Gasteiger partial charge >= 0.3 is 0 Å². The van der Waals surface area contributed by atoms with Gasteiger partial charge in [-0.05, 0) is 91.2 Å².